The van der Waals surface area contributed by atoms with Gasteiger partial charge in [-0.25, -0.2) is 0 Å². The van der Waals surface area contributed by atoms with Crippen LogP contribution in [0.5, 0.6) is 0 Å². The first kappa shape index (κ1) is 14.6. The fourth-order valence-corrected chi connectivity index (χ4v) is 3.75. The monoisotopic (exact) mass is 303 g/mol. The average Bonchev–Trinajstić information content (AvgIpc) is 2.50. The van der Waals surface area contributed by atoms with Crippen LogP contribution in [0.15, 0.2) is 30.5 Å². The summed E-state index contributed by atoms with van der Waals surface area (Å²) in [5, 5.41) is 5.42. The summed E-state index contributed by atoms with van der Waals surface area (Å²) in [5.41, 5.74) is 8.06. The first-order valence-electron chi connectivity index (χ1n) is 7.65. The second-order valence-corrected chi connectivity index (χ2v) is 6.71. The fourth-order valence-electron chi connectivity index (χ4n) is 3.53. The van der Waals surface area contributed by atoms with E-state index in [1.807, 2.05) is 30.5 Å². The zero-order valence-corrected chi connectivity index (χ0v) is 13.2. The van der Waals surface area contributed by atoms with E-state index in [2.05, 4.69) is 17.2 Å². The summed E-state index contributed by atoms with van der Waals surface area (Å²) in [5.74, 6) is 0.710. The molecule has 0 bridgehead atoms. The van der Waals surface area contributed by atoms with Crippen molar-refractivity contribution in [2.75, 3.05) is 11.9 Å². The van der Waals surface area contributed by atoms with Gasteiger partial charge in [0.25, 0.3) is 0 Å². The van der Waals surface area contributed by atoms with Gasteiger partial charge in [0.15, 0.2) is 0 Å². The minimum absolute atomic E-state index is 0.0179. The van der Waals surface area contributed by atoms with E-state index in [0.717, 1.165) is 34.5 Å². The van der Waals surface area contributed by atoms with Gasteiger partial charge in [0.05, 0.1) is 16.2 Å². The zero-order valence-electron chi connectivity index (χ0n) is 12.4. The highest BCUT2D eigenvalue weighted by Gasteiger charge is 2.34. The zero-order chi connectivity index (χ0) is 14.9. The smallest absolute Gasteiger partial charge is 0.0948 e. The van der Waals surface area contributed by atoms with Crippen molar-refractivity contribution in [1.82, 2.24) is 4.98 Å². The third-order valence-electron chi connectivity index (χ3n) is 4.60. The fraction of sp³-hybridized carbons (Fsp3) is 0.471. The molecule has 1 aromatic carbocycles. The van der Waals surface area contributed by atoms with E-state index in [1.54, 1.807) is 0 Å². The maximum Gasteiger partial charge on any atom is 0.0948 e. The van der Waals surface area contributed by atoms with Gasteiger partial charge in [0.1, 0.15) is 0 Å². The summed E-state index contributed by atoms with van der Waals surface area (Å²) in [6, 6.07) is 7.88. The van der Waals surface area contributed by atoms with E-state index in [0.29, 0.717) is 12.5 Å². The molecule has 2 unspecified atom stereocenters. The number of aromatic nitrogens is 1. The summed E-state index contributed by atoms with van der Waals surface area (Å²) >= 11 is 6.27. The number of halogens is 1. The first-order chi connectivity index (χ1) is 10.1. The van der Waals surface area contributed by atoms with Crippen LogP contribution < -0.4 is 11.1 Å². The van der Waals surface area contributed by atoms with Crippen molar-refractivity contribution in [3.63, 3.8) is 0 Å². The van der Waals surface area contributed by atoms with Crippen molar-refractivity contribution < 1.29 is 0 Å². The summed E-state index contributed by atoms with van der Waals surface area (Å²) in [4.78, 5) is 4.50. The van der Waals surface area contributed by atoms with Gasteiger partial charge in [-0.15, -0.1) is 0 Å². The lowest BCUT2D eigenvalue weighted by molar-refractivity contribution is 0.264. The molecule has 1 heterocycles. The van der Waals surface area contributed by atoms with E-state index in [9.17, 15) is 0 Å². The maximum atomic E-state index is 6.27. The molecule has 1 aliphatic carbocycles. The molecule has 0 radical (unpaired) electrons. The van der Waals surface area contributed by atoms with Crippen LogP contribution in [0.2, 0.25) is 5.02 Å². The number of nitrogens with two attached hydrogens (primary N) is 1. The Morgan fingerprint density at radius 1 is 1.43 bits per heavy atom. The van der Waals surface area contributed by atoms with Gasteiger partial charge in [-0.2, -0.15) is 0 Å². The molecule has 1 aliphatic rings. The van der Waals surface area contributed by atoms with Crippen LogP contribution in [0.4, 0.5) is 5.69 Å². The Balaban J connectivity index is 1.99. The highest BCUT2D eigenvalue weighted by molar-refractivity contribution is 6.35. The van der Waals surface area contributed by atoms with Gasteiger partial charge in [-0.3, -0.25) is 4.98 Å². The molecule has 21 heavy (non-hydrogen) atoms. The highest BCUT2D eigenvalue weighted by atomic mass is 35.5. The molecular weight excluding hydrogens is 282 g/mol. The molecule has 3 rings (SSSR count). The number of benzene rings is 1. The molecule has 4 heteroatoms. The predicted molar refractivity (Wildman–Crippen MR) is 89.8 cm³/mol. The van der Waals surface area contributed by atoms with Gasteiger partial charge in [0, 0.05) is 23.7 Å². The number of anilines is 1. The van der Waals surface area contributed by atoms with Crippen LogP contribution in [-0.2, 0) is 0 Å². The van der Waals surface area contributed by atoms with E-state index in [-0.39, 0.29) is 5.54 Å². The van der Waals surface area contributed by atoms with Gasteiger partial charge < -0.3 is 11.1 Å². The molecule has 2 atom stereocenters. The third kappa shape index (κ3) is 2.85. The number of rotatable bonds is 3. The molecule has 0 saturated heterocycles. The van der Waals surface area contributed by atoms with Crippen LogP contribution in [0, 0.1) is 5.92 Å². The van der Waals surface area contributed by atoms with Crippen LogP contribution >= 0.6 is 11.6 Å². The topological polar surface area (TPSA) is 50.9 Å². The molecular formula is C17H22ClN3. The number of hydrogen-bond acceptors (Lipinski definition) is 3. The minimum Gasteiger partial charge on any atom is -0.377 e. The minimum atomic E-state index is -0.0179. The lowest BCUT2D eigenvalue weighted by atomic mass is 9.76. The average molecular weight is 304 g/mol. The van der Waals surface area contributed by atoms with Crippen LogP contribution in [-0.4, -0.2) is 17.1 Å². The Morgan fingerprint density at radius 2 is 2.29 bits per heavy atom. The maximum absolute atomic E-state index is 6.27. The summed E-state index contributed by atoms with van der Waals surface area (Å²) in [6.45, 7) is 2.96. The van der Waals surface area contributed by atoms with Crippen LogP contribution in [0.3, 0.4) is 0 Å². The van der Waals surface area contributed by atoms with Crippen molar-refractivity contribution in [3.05, 3.63) is 35.5 Å². The SMILES string of the molecule is CC1CCCC(CN)(Nc2ccc(Cl)c3cccnc23)C1. The number of fused-ring (bicyclic) bond motifs is 1. The molecule has 112 valence electrons. The molecule has 1 saturated carbocycles. The van der Waals surface area contributed by atoms with Crippen molar-refractivity contribution in [2.24, 2.45) is 11.7 Å². The van der Waals surface area contributed by atoms with Crippen LogP contribution in [0.25, 0.3) is 10.9 Å². The number of nitrogens with one attached hydrogen (secondary N) is 1. The second-order valence-electron chi connectivity index (χ2n) is 6.31. The Labute approximate surface area is 130 Å². The molecule has 1 fully saturated rings. The quantitative estimate of drug-likeness (QED) is 0.893. The largest absolute Gasteiger partial charge is 0.377 e. The van der Waals surface area contributed by atoms with Crippen molar-refractivity contribution >= 4 is 28.2 Å². The lowest BCUT2D eigenvalue weighted by Crippen LogP contribution is -2.48. The van der Waals surface area contributed by atoms with Gasteiger partial charge >= 0.3 is 0 Å². The lowest BCUT2D eigenvalue weighted by Gasteiger charge is -2.41. The summed E-state index contributed by atoms with van der Waals surface area (Å²) in [6.07, 6.45) is 6.56. The van der Waals surface area contributed by atoms with E-state index < -0.39 is 0 Å². The number of hydrogen-bond donors (Lipinski definition) is 2. The third-order valence-corrected chi connectivity index (χ3v) is 4.93. The second kappa shape index (κ2) is 5.82. The van der Waals surface area contributed by atoms with Gasteiger partial charge in [0.2, 0.25) is 0 Å². The van der Waals surface area contributed by atoms with E-state index >= 15 is 0 Å². The van der Waals surface area contributed by atoms with Crippen molar-refractivity contribution in [3.8, 4) is 0 Å². The Morgan fingerprint density at radius 3 is 3.05 bits per heavy atom. The summed E-state index contributed by atoms with van der Waals surface area (Å²) < 4.78 is 0. The van der Waals surface area contributed by atoms with E-state index in [1.165, 1.54) is 12.8 Å². The molecule has 0 amide bonds. The molecule has 3 nitrogen and oxygen atoms in total. The summed E-state index contributed by atoms with van der Waals surface area (Å²) in [7, 11) is 0. The molecule has 2 aromatic rings. The standard InChI is InChI=1S/C17H22ClN3/c1-12-4-2-8-17(10-12,11-19)21-15-7-6-14(18)13-5-3-9-20-16(13)15/h3,5-7,9,12,21H,2,4,8,10-11,19H2,1H3. The van der Waals surface area contributed by atoms with Crippen molar-refractivity contribution in [2.45, 2.75) is 38.1 Å². The van der Waals surface area contributed by atoms with Crippen LogP contribution in [0.1, 0.15) is 32.6 Å². The Kier molecular flexibility index (Phi) is 4.05. The molecule has 1 aromatic heterocycles. The first-order valence-corrected chi connectivity index (χ1v) is 8.03. The predicted octanol–water partition coefficient (Wildman–Crippen LogP) is 4.21. The molecule has 3 N–H and O–H groups in total. The van der Waals surface area contributed by atoms with Gasteiger partial charge in [-0.1, -0.05) is 31.4 Å². The Bertz CT molecular complexity index is 643. The van der Waals surface area contributed by atoms with E-state index in [4.69, 9.17) is 17.3 Å². The molecule has 0 aliphatic heterocycles. The number of pyridine rings is 1. The molecule has 0 spiro atoms. The number of nitrogens with zero attached hydrogens (tertiary/aromatic N) is 1. The highest BCUT2D eigenvalue weighted by Crippen LogP contribution is 2.36. The van der Waals surface area contributed by atoms with Crippen molar-refractivity contribution in [1.29, 1.82) is 0 Å². The Hall–Kier alpha value is -1.32. The normalized spacial score (nSPS) is 26.0. The van der Waals surface area contributed by atoms with Gasteiger partial charge in [-0.05, 0) is 43.0 Å².